The largest absolute Gasteiger partial charge is 0.352 e. The highest BCUT2D eigenvalue weighted by Gasteiger charge is 2.26. The lowest BCUT2D eigenvalue weighted by Crippen LogP contribution is -2.49. The monoisotopic (exact) mass is 421 g/mol. The van der Waals surface area contributed by atoms with E-state index in [4.69, 9.17) is 16.6 Å². The van der Waals surface area contributed by atoms with Gasteiger partial charge in [-0.3, -0.25) is 9.59 Å². The third kappa shape index (κ3) is 4.31. The first-order chi connectivity index (χ1) is 14.5. The van der Waals surface area contributed by atoms with Crippen molar-refractivity contribution in [2.24, 2.45) is 0 Å². The number of piperidine rings is 1. The van der Waals surface area contributed by atoms with Crippen molar-refractivity contribution in [3.63, 3.8) is 0 Å². The molecule has 2 aromatic carbocycles. The summed E-state index contributed by atoms with van der Waals surface area (Å²) >= 11 is 6.03. The number of carbonyl (C=O) groups is 2. The number of nitrogens with one attached hydrogen (secondary N) is 1. The van der Waals surface area contributed by atoms with Crippen LogP contribution in [0.1, 0.15) is 36.5 Å². The van der Waals surface area contributed by atoms with E-state index in [0.717, 1.165) is 35.0 Å². The van der Waals surface area contributed by atoms with Crippen LogP contribution in [-0.2, 0) is 4.79 Å². The Balaban J connectivity index is 1.69. The first-order valence-electron chi connectivity index (χ1n) is 10.3. The van der Waals surface area contributed by atoms with Gasteiger partial charge < -0.3 is 10.2 Å². The molecule has 1 saturated heterocycles. The predicted molar refractivity (Wildman–Crippen MR) is 120 cm³/mol. The minimum atomic E-state index is -0.0285. The summed E-state index contributed by atoms with van der Waals surface area (Å²) in [6.45, 7) is 3.05. The topological polar surface area (TPSA) is 62.3 Å². The van der Waals surface area contributed by atoms with Gasteiger partial charge in [0.25, 0.3) is 5.91 Å². The normalized spacial score (nSPS) is 16.5. The van der Waals surface area contributed by atoms with Gasteiger partial charge >= 0.3 is 0 Å². The molecule has 1 fully saturated rings. The molecular formula is C24H24ClN3O2. The van der Waals surface area contributed by atoms with Gasteiger partial charge in [0.15, 0.2) is 0 Å². The number of aromatic nitrogens is 1. The molecule has 1 aromatic heterocycles. The maximum absolute atomic E-state index is 13.5. The van der Waals surface area contributed by atoms with Crippen molar-refractivity contribution in [2.75, 3.05) is 13.1 Å². The molecule has 6 heteroatoms. The molecule has 3 aromatic rings. The number of benzene rings is 2. The first-order valence-corrected chi connectivity index (χ1v) is 10.7. The number of likely N-dealkylation sites (tertiary alicyclic amines) is 1. The Kier molecular flexibility index (Phi) is 6.00. The summed E-state index contributed by atoms with van der Waals surface area (Å²) < 4.78 is 0. The number of carbonyl (C=O) groups excluding carboxylic acids is 2. The van der Waals surface area contributed by atoms with Crippen molar-refractivity contribution in [2.45, 2.75) is 32.2 Å². The number of hydrogen-bond acceptors (Lipinski definition) is 3. The third-order valence-corrected chi connectivity index (χ3v) is 5.73. The van der Waals surface area contributed by atoms with Crippen LogP contribution in [0, 0.1) is 0 Å². The molecule has 154 valence electrons. The zero-order chi connectivity index (χ0) is 21.1. The number of halogens is 1. The Labute approximate surface area is 181 Å². The molecule has 2 heterocycles. The van der Waals surface area contributed by atoms with Gasteiger partial charge in [-0.2, -0.15) is 0 Å². The Morgan fingerprint density at radius 3 is 2.70 bits per heavy atom. The average molecular weight is 422 g/mol. The Morgan fingerprint density at radius 1 is 1.17 bits per heavy atom. The number of nitrogens with zero attached hydrogens (tertiary/aromatic N) is 2. The lowest BCUT2D eigenvalue weighted by molar-refractivity contribution is -0.121. The summed E-state index contributed by atoms with van der Waals surface area (Å²) in [7, 11) is 0. The van der Waals surface area contributed by atoms with Gasteiger partial charge in [0, 0.05) is 41.5 Å². The Morgan fingerprint density at radius 2 is 1.93 bits per heavy atom. The lowest BCUT2D eigenvalue weighted by Gasteiger charge is -2.33. The molecule has 1 aliphatic heterocycles. The van der Waals surface area contributed by atoms with E-state index in [1.54, 1.807) is 0 Å². The second kappa shape index (κ2) is 8.84. The van der Waals surface area contributed by atoms with E-state index in [0.29, 0.717) is 30.1 Å². The lowest BCUT2D eigenvalue weighted by atomic mass is 10.0. The zero-order valence-electron chi connectivity index (χ0n) is 16.9. The van der Waals surface area contributed by atoms with E-state index in [1.165, 1.54) is 0 Å². The third-order valence-electron chi connectivity index (χ3n) is 5.48. The van der Waals surface area contributed by atoms with Crippen LogP contribution in [0.2, 0.25) is 5.02 Å². The van der Waals surface area contributed by atoms with Gasteiger partial charge in [0.1, 0.15) is 0 Å². The maximum Gasteiger partial charge on any atom is 0.254 e. The minimum absolute atomic E-state index is 0.000938. The SMILES string of the molecule is CCC(=O)NC1CCCN(C(=O)c2cc(-c3ccc(Cl)cc3)nc3ccccc23)C1. The van der Waals surface area contributed by atoms with Crippen LogP contribution in [-0.4, -0.2) is 40.8 Å². The molecule has 30 heavy (non-hydrogen) atoms. The first kappa shape index (κ1) is 20.4. The van der Waals surface area contributed by atoms with Gasteiger partial charge in [0.2, 0.25) is 5.91 Å². The molecule has 0 spiro atoms. The number of rotatable bonds is 4. The molecule has 0 aliphatic carbocycles. The minimum Gasteiger partial charge on any atom is -0.352 e. The van der Waals surface area contributed by atoms with Crippen LogP contribution < -0.4 is 5.32 Å². The van der Waals surface area contributed by atoms with Crippen LogP contribution in [0.25, 0.3) is 22.2 Å². The van der Waals surface area contributed by atoms with Gasteiger partial charge in [0.05, 0.1) is 16.8 Å². The maximum atomic E-state index is 13.5. The van der Waals surface area contributed by atoms with Crippen LogP contribution in [0.15, 0.2) is 54.6 Å². The highest BCUT2D eigenvalue weighted by molar-refractivity contribution is 6.30. The van der Waals surface area contributed by atoms with Crippen LogP contribution >= 0.6 is 11.6 Å². The highest BCUT2D eigenvalue weighted by atomic mass is 35.5. The fourth-order valence-electron chi connectivity index (χ4n) is 3.90. The van der Waals surface area contributed by atoms with Crippen molar-refractivity contribution in [1.82, 2.24) is 15.2 Å². The molecule has 0 saturated carbocycles. The molecule has 4 rings (SSSR count). The number of para-hydroxylation sites is 1. The summed E-state index contributed by atoms with van der Waals surface area (Å²) in [4.78, 5) is 31.9. The molecule has 1 aliphatic rings. The second-order valence-electron chi connectivity index (χ2n) is 7.59. The smallest absolute Gasteiger partial charge is 0.254 e. The predicted octanol–water partition coefficient (Wildman–Crippen LogP) is 4.69. The Bertz CT molecular complexity index is 1080. The van der Waals surface area contributed by atoms with Crippen LogP contribution in [0.3, 0.4) is 0 Å². The van der Waals surface area contributed by atoms with Crippen molar-refractivity contribution in [3.8, 4) is 11.3 Å². The van der Waals surface area contributed by atoms with Gasteiger partial charge in [-0.1, -0.05) is 48.9 Å². The molecular weight excluding hydrogens is 398 g/mol. The van der Waals surface area contributed by atoms with E-state index in [-0.39, 0.29) is 17.9 Å². The summed E-state index contributed by atoms with van der Waals surface area (Å²) in [5.41, 5.74) is 3.06. The molecule has 0 bridgehead atoms. The molecule has 5 nitrogen and oxygen atoms in total. The van der Waals surface area contributed by atoms with Crippen molar-refractivity contribution >= 4 is 34.3 Å². The van der Waals surface area contributed by atoms with Crippen molar-refractivity contribution in [1.29, 1.82) is 0 Å². The number of fused-ring (bicyclic) bond motifs is 1. The van der Waals surface area contributed by atoms with Crippen LogP contribution in [0.4, 0.5) is 0 Å². The van der Waals surface area contributed by atoms with Crippen LogP contribution in [0.5, 0.6) is 0 Å². The van der Waals surface area contributed by atoms with E-state index >= 15 is 0 Å². The summed E-state index contributed by atoms with van der Waals surface area (Å²) in [5.74, 6) is -0.00653. The van der Waals surface area contributed by atoms with E-state index in [9.17, 15) is 9.59 Å². The molecule has 1 atom stereocenters. The molecule has 1 unspecified atom stereocenters. The second-order valence-corrected chi connectivity index (χ2v) is 8.03. The fraction of sp³-hybridized carbons (Fsp3) is 0.292. The highest BCUT2D eigenvalue weighted by Crippen LogP contribution is 2.27. The van der Waals surface area contributed by atoms with E-state index in [2.05, 4.69) is 5.32 Å². The summed E-state index contributed by atoms with van der Waals surface area (Å²) in [6.07, 6.45) is 2.21. The summed E-state index contributed by atoms with van der Waals surface area (Å²) in [5, 5.41) is 4.52. The Hall–Kier alpha value is -2.92. The van der Waals surface area contributed by atoms with Gasteiger partial charge in [-0.15, -0.1) is 0 Å². The number of hydrogen-bond donors (Lipinski definition) is 1. The molecule has 1 N–H and O–H groups in total. The number of amides is 2. The quantitative estimate of drug-likeness (QED) is 0.664. The average Bonchev–Trinajstić information content (AvgIpc) is 2.78. The van der Waals surface area contributed by atoms with Crippen molar-refractivity contribution < 1.29 is 9.59 Å². The summed E-state index contributed by atoms with van der Waals surface area (Å²) in [6, 6.07) is 17.0. The standard InChI is InChI=1S/C24H24ClN3O2/c1-2-23(29)26-18-6-5-13-28(15-18)24(30)20-14-22(16-9-11-17(25)12-10-16)27-21-8-4-3-7-19(20)21/h3-4,7-12,14,18H,2,5-6,13,15H2,1H3,(H,26,29). The number of pyridine rings is 1. The van der Waals surface area contributed by atoms with E-state index in [1.807, 2.05) is 66.4 Å². The van der Waals surface area contributed by atoms with Gasteiger partial charge in [-0.05, 0) is 37.1 Å². The molecule has 2 amide bonds. The molecule has 0 radical (unpaired) electrons. The van der Waals surface area contributed by atoms with Crippen molar-refractivity contribution in [3.05, 3.63) is 65.2 Å². The van der Waals surface area contributed by atoms with Gasteiger partial charge in [-0.25, -0.2) is 4.98 Å². The zero-order valence-corrected chi connectivity index (χ0v) is 17.7. The van der Waals surface area contributed by atoms with E-state index < -0.39 is 0 Å². The fourth-order valence-corrected chi connectivity index (χ4v) is 4.03.